The molecule has 141 heavy (non-hydrogen) atoms. The van der Waals surface area contributed by atoms with E-state index in [9.17, 15) is 14.4 Å². The molecule has 10 aromatic carbocycles. The lowest BCUT2D eigenvalue weighted by Gasteiger charge is -2.19. The molecule has 10 aromatic rings. The predicted octanol–water partition coefficient (Wildman–Crippen LogP) is 25.0. The number of hydrogen-bond acceptors (Lipinski definition) is 12. The molecule has 12 heteroatoms. The molecule has 0 aromatic heterocycles. The summed E-state index contributed by atoms with van der Waals surface area (Å²) < 4.78 is 57.0. The minimum atomic E-state index is -0.860. The first-order valence-corrected chi connectivity index (χ1v) is 47.7. The van der Waals surface area contributed by atoms with E-state index < -0.39 is 17.9 Å². The summed E-state index contributed by atoms with van der Waals surface area (Å²) in [5.74, 6) is 56.9. The van der Waals surface area contributed by atoms with Crippen molar-refractivity contribution in [2.45, 2.75) is 216 Å². The Labute approximate surface area is 839 Å². The van der Waals surface area contributed by atoms with Crippen molar-refractivity contribution in [2.24, 2.45) is 0 Å². The van der Waals surface area contributed by atoms with Gasteiger partial charge < -0.3 is 42.6 Å². The summed E-state index contributed by atoms with van der Waals surface area (Å²) in [7, 11) is 0. The van der Waals surface area contributed by atoms with Crippen molar-refractivity contribution in [1.29, 1.82) is 0 Å². The van der Waals surface area contributed by atoms with Crippen molar-refractivity contribution in [3.05, 3.63) is 314 Å². The van der Waals surface area contributed by atoms with Crippen molar-refractivity contribution in [2.75, 3.05) is 59.5 Å². The van der Waals surface area contributed by atoms with E-state index in [2.05, 4.69) is 231 Å². The van der Waals surface area contributed by atoms with Crippen LogP contribution < -0.4 is 28.4 Å². The summed E-state index contributed by atoms with van der Waals surface area (Å²) in [5.41, 5.74) is 15.9. The lowest BCUT2D eigenvalue weighted by Crippen LogP contribution is -2.16. The van der Waals surface area contributed by atoms with Crippen molar-refractivity contribution < 1.29 is 57.0 Å². The Kier molecular flexibility index (Phi) is 36.8. The number of ether oxygens (including phenoxy) is 9. The van der Waals surface area contributed by atoms with E-state index in [4.69, 9.17) is 81.2 Å². The first kappa shape index (κ1) is 107. The number of hydrogen-bond donors (Lipinski definition) is 0. The normalized spacial score (nSPS) is 11.0. The molecular weight excluding hydrogens is 1740 g/mol. The van der Waals surface area contributed by atoms with Gasteiger partial charge in [-0.2, -0.15) is 0 Å². The topological polar surface area (TPSA) is 134 Å². The molecule has 0 amide bonds. The van der Waals surface area contributed by atoms with Gasteiger partial charge in [0.2, 0.25) is 0 Å². The molecule has 0 unspecified atom stereocenters. The predicted molar refractivity (Wildman–Crippen MR) is 569 cm³/mol. The van der Waals surface area contributed by atoms with Gasteiger partial charge in [-0.05, 0) is 213 Å². The minimum absolute atomic E-state index is 0.0229. The zero-order valence-electron chi connectivity index (χ0n) is 85.6. The fraction of sp³-hybridized carbons (Fsp3) is 0.326. The number of carbonyl (C=O) groups is 3. The Morgan fingerprint density at radius 3 is 0.511 bits per heavy atom. The summed E-state index contributed by atoms with van der Waals surface area (Å²) in [5, 5.41) is 0. The highest BCUT2D eigenvalue weighted by Gasteiger charge is 2.26. The number of carbonyl (C=O) groups excluding carboxylic acids is 3. The van der Waals surface area contributed by atoms with Gasteiger partial charge in [0.05, 0.1) is 110 Å². The highest BCUT2D eigenvalue weighted by Crippen LogP contribution is 2.37. The van der Waals surface area contributed by atoms with Crippen LogP contribution in [0.3, 0.4) is 0 Å². The van der Waals surface area contributed by atoms with Crippen molar-refractivity contribution in [3.63, 3.8) is 0 Å². The first-order chi connectivity index (χ1) is 66.9. The second-order valence-corrected chi connectivity index (χ2v) is 40.6. The smallest absolute Gasteiger partial charge is 0.338 e. The van der Waals surface area contributed by atoms with Gasteiger partial charge in [0.15, 0.2) is 0 Å². The number of esters is 3. The molecule has 12 nitrogen and oxygen atoms in total. The lowest BCUT2D eigenvalue weighted by atomic mass is 9.85. The molecule has 0 bridgehead atoms. The Bertz CT molecular complexity index is 6390. The van der Waals surface area contributed by atoms with Gasteiger partial charge in [0.1, 0.15) is 34.5 Å². The van der Waals surface area contributed by atoms with E-state index in [0.717, 1.165) is 50.1 Å². The molecule has 0 aliphatic rings. The molecular formula is C129H126O12. The molecule has 0 saturated heterocycles. The van der Waals surface area contributed by atoms with E-state index >= 15 is 0 Å². The summed E-state index contributed by atoms with van der Waals surface area (Å²) in [6.45, 7) is 44.9. The maximum Gasteiger partial charge on any atom is 0.338 e. The molecule has 0 atom stereocenters. The monoisotopic (exact) mass is 1870 g/mol. The SMILES string of the molecule is C#Cc1cc(C#Cc2cc(OCCCOC(=O)c3cc(C(=O)OCCCOc4cc(C#Cc5cc(C#C)cc(C(C)(C)C)c5)c(OCCC)cc4C#Cc4cc(C#C)cc(C(C)(C)C)c4)cc(C(=O)OCCCOc4cc(C#Cc5cc(C#C)cc(C(C)(C)C)c5)c(OCCC)cc4C#Cc4cc(C#C)cc(C(C)(C)C)c4)c3)c(C#Cc3cc(C#C)cc(C(C)(C)C)c3)cc2OCCC)cc(C(C)(C)C)c1. The molecule has 0 radical (unpaired) electrons. The van der Waals surface area contributed by atoms with Crippen molar-refractivity contribution >= 4 is 17.9 Å². The first-order valence-electron chi connectivity index (χ1n) is 47.7. The molecule has 0 saturated carbocycles. The minimum Gasteiger partial charge on any atom is -0.492 e. The van der Waals surface area contributed by atoms with E-state index in [1.54, 1.807) is 18.2 Å². The molecule has 0 aliphatic heterocycles. The third-order valence-electron chi connectivity index (χ3n) is 22.5. The van der Waals surface area contributed by atoms with Crippen LogP contribution in [0.1, 0.15) is 349 Å². The molecule has 0 heterocycles. The van der Waals surface area contributed by atoms with Gasteiger partial charge in [-0.3, -0.25) is 0 Å². The van der Waals surface area contributed by atoms with Crippen LogP contribution in [0.4, 0.5) is 0 Å². The lowest BCUT2D eigenvalue weighted by molar-refractivity contribution is 0.0483. The number of rotatable bonds is 27. The van der Waals surface area contributed by atoms with E-state index in [-0.39, 0.29) is 108 Å². The van der Waals surface area contributed by atoms with Crippen LogP contribution >= 0.6 is 0 Å². The second-order valence-electron chi connectivity index (χ2n) is 40.6. The van der Waals surface area contributed by atoms with Crippen LogP contribution in [-0.2, 0) is 46.7 Å². The van der Waals surface area contributed by atoms with Gasteiger partial charge >= 0.3 is 17.9 Å². The third-order valence-corrected chi connectivity index (χ3v) is 22.5. The number of terminal acetylenes is 6. The molecule has 10 rings (SSSR count). The molecule has 0 N–H and O–H groups in total. The van der Waals surface area contributed by atoms with Crippen molar-refractivity contribution in [3.8, 4) is 180 Å². The maximum absolute atomic E-state index is 14.7. The largest absolute Gasteiger partial charge is 0.492 e. The van der Waals surface area contributed by atoms with E-state index in [1.165, 1.54) is 18.2 Å². The highest BCUT2D eigenvalue weighted by atomic mass is 16.5. The Morgan fingerprint density at radius 2 is 0.362 bits per heavy atom. The summed E-state index contributed by atoms with van der Waals surface area (Å²) >= 11 is 0. The van der Waals surface area contributed by atoms with Crippen LogP contribution in [0.25, 0.3) is 0 Å². The second kappa shape index (κ2) is 48.4. The third kappa shape index (κ3) is 31.6. The number of benzene rings is 10. The van der Waals surface area contributed by atoms with Crippen LogP contribution in [0.2, 0.25) is 0 Å². The fourth-order valence-corrected chi connectivity index (χ4v) is 14.2. The van der Waals surface area contributed by atoms with Crippen LogP contribution in [0.5, 0.6) is 34.5 Å². The summed E-state index contributed by atoms with van der Waals surface area (Å²) in [6.07, 6.45) is 38.6. The Balaban J connectivity index is 0.963. The van der Waals surface area contributed by atoms with Crippen LogP contribution in [0, 0.1) is 145 Å². The zero-order valence-corrected chi connectivity index (χ0v) is 85.6. The Hall–Kier alpha value is -15.9. The molecule has 0 spiro atoms. The van der Waals surface area contributed by atoms with Crippen LogP contribution in [0.15, 0.2) is 164 Å². The van der Waals surface area contributed by atoms with Crippen LogP contribution in [-0.4, -0.2) is 77.4 Å². The van der Waals surface area contributed by atoms with E-state index in [0.29, 0.717) is 157 Å². The zero-order chi connectivity index (χ0) is 103. The molecule has 0 fully saturated rings. The summed E-state index contributed by atoms with van der Waals surface area (Å²) in [6, 6.07) is 50.2. The van der Waals surface area contributed by atoms with Gasteiger partial charge in [-0.1, -0.05) is 252 Å². The van der Waals surface area contributed by atoms with Gasteiger partial charge in [-0.15, -0.1) is 38.5 Å². The highest BCUT2D eigenvalue weighted by molar-refractivity contribution is 6.00. The quantitative estimate of drug-likeness (QED) is 0.0210. The Morgan fingerprint density at radius 1 is 0.206 bits per heavy atom. The van der Waals surface area contributed by atoms with E-state index in [1.807, 2.05) is 148 Å². The molecule has 714 valence electrons. The van der Waals surface area contributed by atoms with Gasteiger partial charge in [0, 0.05) is 122 Å². The average molecular weight is 1870 g/mol. The van der Waals surface area contributed by atoms with Gasteiger partial charge in [-0.25, -0.2) is 14.4 Å². The average Bonchev–Trinajstić information content (AvgIpc) is 0.815. The molecule has 0 aliphatic carbocycles. The summed E-state index contributed by atoms with van der Waals surface area (Å²) in [4.78, 5) is 44.0. The van der Waals surface area contributed by atoms with Gasteiger partial charge in [0.25, 0.3) is 0 Å². The fourth-order valence-electron chi connectivity index (χ4n) is 14.2. The van der Waals surface area contributed by atoms with Crippen molar-refractivity contribution in [1.82, 2.24) is 0 Å². The standard InChI is InChI=1S/C129H126O12/c1-28-52-133-115-82-103(49-43-97-64-91(34-7)70-112(76-97)127(19,20)21)118(85-100(115)46-40-94-61-88(31-4)67-109(73-94)124(10,11)12)136-55-37-58-139-121(130)106-79-107(122(131)140-59-38-56-137-119-86-101(47-41-95-62-89(32-5)68-110(74-95)125(13,14)15)116(134-53-29-2)83-104(119)50-44-98-65-92(35-8)71-113(77-98)128(22,23)24)81-108(80-106)123(132)141-60-39-57-138-120-87-102(48-42-96-63-90(33-6)69-111(75-96)126(16,17)18)117(135-54-30-3)84-105(120)51-45-99-66-93(36-9)72-114(78-99)129(25,26)27/h4-9,61-87H,28-30,37-39,52-60H2,1-3,10-27H3. The maximum atomic E-state index is 14.7.